The predicted octanol–water partition coefficient (Wildman–Crippen LogP) is 3.38. The van der Waals surface area contributed by atoms with Crippen molar-refractivity contribution in [3.8, 4) is 0 Å². The molecule has 1 aromatic heterocycles. The number of aromatic nitrogens is 1. The summed E-state index contributed by atoms with van der Waals surface area (Å²) in [5.41, 5.74) is 2.13. The summed E-state index contributed by atoms with van der Waals surface area (Å²) >= 11 is 0. The molecule has 0 aliphatic carbocycles. The Labute approximate surface area is 121 Å². The van der Waals surface area contributed by atoms with Gasteiger partial charge < -0.3 is 10.3 Å². The molecule has 0 spiro atoms. The van der Waals surface area contributed by atoms with Gasteiger partial charge in [0.05, 0.1) is 6.42 Å². The second-order valence-corrected chi connectivity index (χ2v) is 4.76. The average molecular weight is 278 g/mol. The Balaban J connectivity index is 1.73. The topological polar surface area (TPSA) is 62.0 Å². The van der Waals surface area contributed by atoms with Crippen LogP contribution >= 0.6 is 0 Å². The second kappa shape index (κ2) is 5.63. The molecule has 0 saturated carbocycles. The van der Waals surface area contributed by atoms with Gasteiger partial charge in [0.1, 0.15) is 0 Å². The molecule has 0 atom stereocenters. The lowest BCUT2D eigenvalue weighted by molar-refractivity contribution is -0.115. The van der Waals surface area contributed by atoms with Crippen molar-refractivity contribution in [1.82, 2.24) is 4.98 Å². The maximum absolute atomic E-state index is 12.2. The van der Waals surface area contributed by atoms with E-state index >= 15 is 0 Å². The van der Waals surface area contributed by atoms with Crippen LogP contribution in [0.1, 0.15) is 16.8 Å². The Hall–Kier alpha value is -2.88. The number of ketones is 1. The summed E-state index contributed by atoms with van der Waals surface area (Å²) in [7, 11) is 0. The minimum atomic E-state index is -0.309. The Bertz CT molecular complexity index is 791. The fraction of sp³-hybridized carbons (Fsp3) is 0.0588. The van der Waals surface area contributed by atoms with Crippen LogP contribution in [0.15, 0.2) is 60.8 Å². The number of anilines is 1. The molecule has 0 aliphatic heterocycles. The highest BCUT2D eigenvalue weighted by atomic mass is 16.2. The first-order valence-corrected chi connectivity index (χ1v) is 6.68. The number of carbonyl (C=O) groups excluding carboxylic acids is 2. The first-order chi connectivity index (χ1) is 10.2. The third-order valence-electron chi connectivity index (χ3n) is 3.27. The van der Waals surface area contributed by atoms with Crippen LogP contribution in [0.4, 0.5) is 5.69 Å². The highest BCUT2D eigenvalue weighted by Gasteiger charge is 2.15. The molecule has 2 aromatic carbocycles. The molecule has 3 aromatic rings. The van der Waals surface area contributed by atoms with Gasteiger partial charge in [-0.15, -0.1) is 0 Å². The number of nitrogens with one attached hydrogen (secondary N) is 2. The molecule has 0 bridgehead atoms. The number of fused-ring (bicyclic) bond motifs is 1. The van der Waals surface area contributed by atoms with Crippen LogP contribution in [-0.4, -0.2) is 16.7 Å². The number of H-pyrrole nitrogens is 1. The third kappa shape index (κ3) is 2.84. The van der Waals surface area contributed by atoms with Gasteiger partial charge in [-0.1, -0.05) is 36.4 Å². The Kier molecular flexibility index (Phi) is 3.51. The van der Waals surface area contributed by atoms with Crippen LogP contribution in [0.25, 0.3) is 10.9 Å². The zero-order chi connectivity index (χ0) is 14.7. The van der Waals surface area contributed by atoms with Crippen LogP contribution in [-0.2, 0) is 4.79 Å². The van der Waals surface area contributed by atoms with E-state index in [9.17, 15) is 9.59 Å². The molecular formula is C17H14N2O2. The van der Waals surface area contributed by atoms with Gasteiger partial charge in [-0.05, 0) is 18.2 Å². The molecule has 104 valence electrons. The predicted molar refractivity (Wildman–Crippen MR) is 82.3 cm³/mol. The van der Waals surface area contributed by atoms with Gasteiger partial charge in [0.2, 0.25) is 5.91 Å². The fourth-order valence-electron chi connectivity index (χ4n) is 2.27. The van der Waals surface area contributed by atoms with E-state index in [2.05, 4.69) is 10.3 Å². The number of hydrogen-bond donors (Lipinski definition) is 2. The third-order valence-corrected chi connectivity index (χ3v) is 3.27. The van der Waals surface area contributed by atoms with Gasteiger partial charge in [-0.2, -0.15) is 0 Å². The number of aromatic amines is 1. The van der Waals surface area contributed by atoms with Crippen LogP contribution in [0.2, 0.25) is 0 Å². The molecule has 21 heavy (non-hydrogen) atoms. The Morgan fingerprint density at radius 3 is 2.48 bits per heavy atom. The lowest BCUT2D eigenvalue weighted by atomic mass is 10.1. The van der Waals surface area contributed by atoms with E-state index < -0.39 is 0 Å². The monoisotopic (exact) mass is 278 g/mol. The van der Waals surface area contributed by atoms with Crippen molar-refractivity contribution in [2.45, 2.75) is 6.42 Å². The van der Waals surface area contributed by atoms with Gasteiger partial charge in [-0.3, -0.25) is 9.59 Å². The van der Waals surface area contributed by atoms with Crippen molar-refractivity contribution in [1.29, 1.82) is 0 Å². The van der Waals surface area contributed by atoms with Gasteiger partial charge in [0.25, 0.3) is 0 Å². The molecule has 4 heteroatoms. The molecule has 3 rings (SSSR count). The zero-order valence-corrected chi connectivity index (χ0v) is 11.3. The van der Waals surface area contributed by atoms with Gasteiger partial charge in [-0.25, -0.2) is 0 Å². The van der Waals surface area contributed by atoms with Crippen molar-refractivity contribution in [2.24, 2.45) is 0 Å². The first kappa shape index (κ1) is 13.1. The van der Waals surface area contributed by atoms with Crippen LogP contribution in [0, 0.1) is 0 Å². The SMILES string of the molecule is O=C(CC(=O)c1c[nH]c2ccccc12)Nc1ccccc1. The molecule has 0 saturated heterocycles. The van der Waals surface area contributed by atoms with Crippen LogP contribution < -0.4 is 5.32 Å². The van der Waals surface area contributed by atoms with E-state index in [1.165, 1.54) is 0 Å². The van der Waals surface area contributed by atoms with Crippen molar-refractivity contribution in [3.63, 3.8) is 0 Å². The normalized spacial score (nSPS) is 10.5. The van der Waals surface area contributed by atoms with Gasteiger partial charge >= 0.3 is 0 Å². The maximum atomic E-state index is 12.2. The van der Waals surface area contributed by atoms with Crippen LogP contribution in [0.3, 0.4) is 0 Å². The largest absolute Gasteiger partial charge is 0.360 e. The van der Waals surface area contributed by atoms with Crippen molar-refractivity contribution >= 4 is 28.3 Å². The van der Waals surface area contributed by atoms with Gasteiger partial charge in [0, 0.05) is 28.4 Å². The summed E-state index contributed by atoms with van der Waals surface area (Å²) < 4.78 is 0. The highest BCUT2D eigenvalue weighted by molar-refractivity contribution is 6.16. The van der Waals surface area contributed by atoms with E-state index in [1.807, 2.05) is 42.5 Å². The minimum Gasteiger partial charge on any atom is -0.360 e. The molecule has 0 radical (unpaired) electrons. The van der Waals surface area contributed by atoms with Crippen LogP contribution in [0.5, 0.6) is 0 Å². The molecular weight excluding hydrogens is 264 g/mol. The van der Waals surface area contributed by atoms with Crippen molar-refractivity contribution in [2.75, 3.05) is 5.32 Å². The quantitative estimate of drug-likeness (QED) is 0.567. The summed E-state index contributed by atoms with van der Waals surface area (Å²) in [4.78, 5) is 27.2. The maximum Gasteiger partial charge on any atom is 0.232 e. The Morgan fingerprint density at radius 2 is 1.67 bits per heavy atom. The fourth-order valence-corrected chi connectivity index (χ4v) is 2.27. The lowest BCUT2D eigenvalue weighted by Gasteiger charge is -2.04. The number of rotatable bonds is 4. The van der Waals surface area contributed by atoms with E-state index in [0.29, 0.717) is 11.3 Å². The van der Waals surface area contributed by atoms with E-state index in [4.69, 9.17) is 0 Å². The summed E-state index contributed by atoms with van der Waals surface area (Å²) in [6, 6.07) is 16.6. The molecule has 0 fully saturated rings. The number of Topliss-reactive ketones (excluding diaryl/α,β-unsaturated/α-hetero) is 1. The summed E-state index contributed by atoms with van der Waals surface area (Å²) in [5.74, 6) is -0.502. The average Bonchev–Trinajstić information content (AvgIpc) is 2.92. The number of carbonyl (C=O) groups is 2. The standard InChI is InChI=1S/C17H14N2O2/c20-16(10-17(21)19-12-6-2-1-3-7-12)14-11-18-15-9-5-4-8-13(14)15/h1-9,11,18H,10H2,(H,19,21). The number of hydrogen-bond acceptors (Lipinski definition) is 2. The highest BCUT2D eigenvalue weighted by Crippen LogP contribution is 2.19. The Morgan fingerprint density at radius 1 is 0.952 bits per heavy atom. The second-order valence-electron chi connectivity index (χ2n) is 4.76. The molecule has 1 heterocycles. The molecule has 2 N–H and O–H groups in total. The van der Waals surface area contributed by atoms with E-state index in [0.717, 1.165) is 10.9 Å². The van der Waals surface area contributed by atoms with Gasteiger partial charge in [0.15, 0.2) is 5.78 Å². The smallest absolute Gasteiger partial charge is 0.232 e. The summed E-state index contributed by atoms with van der Waals surface area (Å²) in [6.45, 7) is 0. The summed E-state index contributed by atoms with van der Waals surface area (Å²) in [5, 5.41) is 3.56. The number of benzene rings is 2. The van der Waals surface area contributed by atoms with E-state index in [-0.39, 0.29) is 18.1 Å². The molecule has 0 unspecified atom stereocenters. The summed E-state index contributed by atoms with van der Waals surface area (Å²) in [6.07, 6.45) is 1.49. The van der Waals surface area contributed by atoms with E-state index in [1.54, 1.807) is 18.3 Å². The minimum absolute atomic E-state index is 0.170. The zero-order valence-electron chi connectivity index (χ0n) is 11.3. The lowest BCUT2D eigenvalue weighted by Crippen LogP contribution is -2.16. The number of amides is 1. The molecule has 0 aliphatic rings. The van der Waals surface area contributed by atoms with Crippen molar-refractivity contribution in [3.05, 3.63) is 66.4 Å². The molecule has 1 amide bonds. The molecule has 4 nitrogen and oxygen atoms in total. The first-order valence-electron chi connectivity index (χ1n) is 6.68. The van der Waals surface area contributed by atoms with Crippen molar-refractivity contribution < 1.29 is 9.59 Å². The number of para-hydroxylation sites is 2.